The molecule has 0 saturated heterocycles. The van der Waals surface area contributed by atoms with Gasteiger partial charge in [-0.3, -0.25) is 14.7 Å². The van der Waals surface area contributed by atoms with Gasteiger partial charge in [0.2, 0.25) is 5.91 Å². The highest BCUT2D eigenvalue weighted by Crippen LogP contribution is 2.32. The smallest absolute Gasteiger partial charge is 0.318 e. The Bertz CT molecular complexity index is 1080. The zero-order valence-corrected chi connectivity index (χ0v) is 18.5. The van der Waals surface area contributed by atoms with E-state index < -0.39 is 17.8 Å². The standard InChI is InChI=1S/C21H26ClN5O3/c1-6-8-14(20(29)30-5)19(28)23-13-10-7-9-12(11-13)17-24-18-15(22)16(21(2,3)4)25-27(18)26-17/h7,9-11,14,25H,6,8H2,1-5H3,(H,23,28). The quantitative estimate of drug-likeness (QED) is 0.449. The average molecular weight is 432 g/mol. The highest BCUT2D eigenvalue weighted by Gasteiger charge is 2.27. The molecule has 1 atom stereocenters. The Morgan fingerprint density at radius 2 is 2.07 bits per heavy atom. The van der Waals surface area contributed by atoms with Crippen molar-refractivity contribution in [3.8, 4) is 11.4 Å². The van der Waals surface area contributed by atoms with Crippen molar-refractivity contribution in [2.24, 2.45) is 5.92 Å². The van der Waals surface area contributed by atoms with Crippen LogP contribution in [0.1, 0.15) is 46.2 Å². The van der Waals surface area contributed by atoms with Gasteiger partial charge in [-0.2, -0.15) is 4.63 Å². The van der Waals surface area contributed by atoms with Crippen LogP contribution in [0.15, 0.2) is 24.3 Å². The van der Waals surface area contributed by atoms with Gasteiger partial charge in [-0.25, -0.2) is 4.98 Å². The lowest BCUT2D eigenvalue weighted by Gasteiger charge is -2.16. The average Bonchev–Trinajstić information content (AvgIpc) is 3.25. The number of hydrogen-bond acceptors (Lipinski definition) is 5. The molecular weight excluding hydrogens is 406 g/mol. The maximum atomic E-state index is 12.6. The first-order chi connectivity index (χ1) is 14.2. The van der Waals surface area contributed by atoms with Crippen molar-refractivity contribution in [1.82, 2.24) is 19.8 Å². The number of anilines is 1. The fraction of sp³-hybridized carbons (Fsp3) is 0.429. The van der Waals surface area contributed by atoms with Crippen molar-refractivity contribution >= 4 is 34.8 Å². The van der Waals surface area contributed by atoms with Crippen LogP contribution in [-0.2, 0) is 19.7 Å². The number of aromatic amines is 1. The molecule has 0 aliphatic carbocycles. The van der Waals surface area contributed by atoms with Gasteiger partial charge in [0.1, 0.15) is 10.9 Å². The number of H-pyrrole nitrogens is 1. The van der Waals surface area contributed by atoms with Gasteiger partial charge in [0.25, 0.3) is 0 Å². The summed E-state index contributed by atoms with van der Waals surface area (Å²) < 4.78 is 6.30. The van der Waals surface area contributed by atoms with E-state index in [1.54, 1.807) is 22.8 Å². The molecule has 1 unspecified atom stereocenters. The minimum atomic E-state index is -0.845. The molecule has 2 heterocycles. The molecular formula is C21H26ClN5O3. The lowest BCUT2D eigenvalue weighted by atomic mass is 9.92. The highest BCUT2D eigenvalue weighted by molar-refractivity contribution is 6.34. The Morgan fingerprint density at radius 3 is 2.67 bits per heavy atom. The summed E-state index contributed by atoms with van der Waals surface area (Å²) in [5, 5.41) is 11.0. The number of fused-ring (bicyclic) bond motifs is 1. The first kappa shape index (κ1) is 21.8. The lowest BCUT2D eigenvalue weighted by molar-refractivity contribution is -0.148. The number of aromatic nitrogens is 4. The van der Waals surface area contributed by atoms with E-state index in [1.807, 2.05) is 13.0 Å². The van der Waals surface area contributed by atoms with Gasteiger partial charge in [0, 0.05) is 16.7 Å². The monoisotopic (exact) mass is 431 g/mol. The molecule has 30 heavy (non-hydrogen) atoms. The summed E-state index contributed by atoms with van der Waals surface area (Å²) in [6.45, 7) is 8.07. The van der Waals surface area contributed by atoms with Crippen LogP contribution >= 0.6 is 11.6 Å². The third-order valence-electron chi connectivity index (χ3n) is 4.76. The van der Waals surface area contributed by atoms with Crippen molar-refractivity contribution in [2.75, 3.05) is 12.4 Å². The summed E-state index contributed by atoms with van der Waals surface area (Å²) in [7, 11) is 1.28. The SMILES string of the molecule is CCCC(C(=O)Nc1cccc(-c2nc3c(Cl)c(C(C)(C)C)[nH]n3n2)c1)C(=O)OC. The second-order valence-electron chi connectivity index (χ2n) is 8.16. The van der Waals surface area contributed by atoms with Gasteiger partial charge in [-0.15, -0.1) is 5.10 Å². The minimum Gasteiger partial charge on any atom is -0.468 e. The third kappa shape index (κ3) is 4.33. The molecule has 3 rings (SSSR count). The van der Waals surface area contributed by atoms with E-state index in [0.717, 1.165) is 5.69 Å². The van der Waals surface area contributed by atoms with Crippen LogP contribution in [-0.4, -0.2) is 38.8 Å². The molecule has 8 nitrogen and oxygen atoms in total. The van der Waals surface area contributed by atoms with E-state index in [-0.39, 0.29) is 5.41 Å². The zero-order chi connectivity index (χ0) is 22.1. The first-order valence-electron chi connectivity index (χ1n) is 9.79. The maximum Gasteiger partial charge on any atom is 0.318 e. The molecule has 3 aromatic rings. The van der Waals surface area contributed by atoms with Crippen LogP contribution in [0.3, 0.4) is 0 Å². The van der Waals surface area contributed by atoms with Gasteiger partial charge in [-0.1, -0.05) is 57.8 Å². The Labute approximate surface area is 179 Å². The summed E-state index contributed by atoms with van der Waals surface area (Å²) in [4.78, 5) is 29.0. The Morgan fingerprint density at radius 1 is 1.33 bits per heavy atom. The molecule has 0 aliphatic heterocycles. The van der Waals surface area contributed by atoms with Crippen molar-refractivity contribution in [2.45, 2.75) is 46.0 Å². The number of carbonyl (C=O) groups excluding carboxylic acids is 2. The molecule has 1 aromatic carbocycles. The molecule has 0 radical (unpaired) electrons. The predicted molar refractivity (Wildman–Crippen MR) is 116 cm³/mol. The van der Waals surface area contributed by atoms with Gasteiger partial charge in [0.15, 0.2) is 11.5 Å². The molecule has 2 aromatic heterocycles. The molecule has 1 amide bonds. The molecule has 0 fully saturated rings. The third-order valence-corrected chi connectivity index (χ3v) is 5.12. The number of benzene rings is 1. The molecule has 9 heteroatoms. The van der Waals surface area contributed by atoms with Crippen LogP contribution in [0.4, 0.5) is 5.69 Å². The highest BCUT2D eigenvalue weighted by atomic mass is 35.5. The normalized spacial score (nSPS) is 12.7. The van der Waals surface area contributed by atoms with E-state index in [2.05, 4.69) is 41.3 Å². The zero-order valence-electron chi connectivity index (χ0n) is 17.7. The summed E-state index contributed by atoms with van der Waals surface area (Å²) >= 11 is 6.50. The van der Waals surface area contributed by atoms with Crippen molar-refractivity contribution in [3.63, 3.8) is 0 Å². The number of ether oxygens (including phenoxy) is 1. The Balaban J connectivity index is 1.86. The predicted octanol–water partition coefficient (Wildman–Crippen LogP) is 4.20. The summed E-state index contributed by atoms with van der Waals surface area (Å²) in [5.41, 5.74) is 2.49. The van der Waals surface area contributed by atoms with Gasteiger partial charge in [-0.05, 0) is 18.6 Å². The Kier molecular flexibility index (Phi) is 6.17. The van der Waals surface area contributed by atoms with Crippen LogP contribution in [0.25, 0.3) is 17.0 Å². The Hall–Kier alpha value is -2.87. The van der Waals surface area contributed by atoms with Crippen LogP contribution < -0.4 is 5.32 Å². The van der Waals surface area contributed by atoms with Crippen molar-refractivity contribution in [3.05, 3.63) is 35.0 Å². The molecule has 0 aliphatic rings. The first-order valence-corrected chi connectivity index (χ1v) is 10.2. The van der Waals surface area contributed by atoms with Gasteiger partial charge >= 0.3 is 5.97 Å². The second kappa shape index (κ2) is 8.47. The molecule has 160 valence electrons. The van der Waals surface area contributed by atoms with Crippen molar-refractivity contribution < 1.29 is 14.3 Å². The molecule has 0 spiro atoms. The maximum absolute atomic E-state index is 12.6. The number of esters is 1. The number of halogens is 1. The summed E-state index contributed by atoms with van der Waals surface area (Å²) in [6.07, 6.45) is 1.11. The number of carbonyl (C=O) groups is 2. The molecule has 2 N–H and O–H groups in total. The van der Waals surface area contributed by atoms with E-state index in [0.29, 0.717) is 40.6 Å². The van der Waals surface area contributed by atoms with E-state index >= 15 is 0 Å². The fourth-order valence-corrected chi connectivity index (χ4v) is 3.62. The van der Waals surface area contributed by atoms with Crippen LogP contribution in [0, 0.1) is 5.92 Å². The number of hydrogen-bond donors (Lipinski definition) is 2. The van der Waals surface area contributed by atoms with E-state index in [4.69, 9.17) is 16.3 Å². The topological polar surface area (TPSA) is 101 Å². The van der Waals surface area contributed by atoms with Crippen LogP contribution in [0.2, 0.25) is 5.02 Å². The van der Waals surface area contributed by atoms with Crippen LogP contribution in [0.5, 0.6) is 0 Å². The van der Waals surface area contributed by atoms with E-state index in [9.17, 15) is 9.59 Å². The summed E-state index contributed by atoms with van der Waals surface area (Å²) in [5.74, 6) is -1.32. The van der Waals surface area contributed by atoms with Crippen molar-refractivity contribution in [1.29, 1.82) is 0 Å². The number of amides is 1. The van der Waals surface area contributed by atoms with Gasteiger partial charge in [0.05, 0.1) is 12.8 Å². The molecule has 0 bridgehead atoms. The fourth-order valence-electron chi connectivity index (χ4n) is 3.17. The van der Waals surface area contributed by atoms with E-state index in [1.165, 1.54) is 7.11 Å². The number of rotatable bonds is 6. The largest absolute Gasteiger partial charge is 0.468 e. The lowest BCUT2D eigenvalue weighted by Crippen LogP contribution is -2.30. The minimum absolute atomic E-state index is 0.168. The van der Waals surface area contributed by atoms with Gasteiger partial charge < -0.3 is 10.1 Å². The second-order valence-corrected chi connectivity index (χ2v) is 8.53. The molecule has 0 saturated carbocycles. The number of nitrogens with one attached hydrogen (secondary N) is 2. The summed E-state index contributed by atoms with van der Waals surface area (Å²) in [6, 6.07) is 7.13. The number of nitrogens with zero attached hydrogens (tertiary/aromatic N) is 3. The number of methoxy groups -OCH3 is 1.